The minimum atomic E-state index is -0.579. The van der Waals surface area contributed by atoms with Crippen LogP contribution in [0.3, 0.4) is 0 Å². The van der Waals surface area contributed by atoms with Gasteiger partial charge in [-0.3, -0.25) is 4.79 Å². The van der Waals surface area contributed by atoms with Gasteiger partial charge < -0.3 is 15.4 Å². The van der Waals surface area contributed by atoms with Crippen molar-refractivity contribution in [1.29, 1.82) is 0 Å². The van der Waals surface area contributed by atoms with Crippen LogP contribution in [0.5, 0.6) is 0 Å². The summed E-state index contributed by atoms with van der Waals surface area (Å²) in [7, 11) is 1.91. The molecule has 0 heterocycles. The van der Waals surface area contributed by atoms with Crippen molar-refractivity contribution in [2.75, 3.05) is 13.7 Å². The van der Waals surface area contributed by atoms with Crippen LogP contribution in [0.15, 0.2) is 0 Å². The lowest BCUT2D eigenvalue weighted by molar-refractivity contribution is -0.147. The topological polar surface area (TPSA) is 67.4 Å². The van der Waals surface area contributed by atoms with E-state index >= 15 is 0 Å². The molecule has 1 amide bonds. The van der Waals surface area contributed by atoms with E-state index < -0.39 is 6.04 Å². The van der Waals surface area contributed by atoms with Gasteiger partial charge in [0, 0.05) is 12.0 Å². The van der Waals surface area contributed by atoms with E-state index in [2.05, 4.69) is 10.6 Å². The summed E-state index contributed by atoms with van der Waals surface area (Å²) in [4.78, 5) is 23.5. The van der Waals surface area contributed by atoms with E-state index in [9.17, 15) is 9.59 Å². The Morgan fingerprint density at radius 1 is 1.26 bits per heavy atom. The zero-order valence-corrected chi connectivity index (χ0v) is 12.3. The molecular formula is C14H26N2O3. The van der Waals surface area contributed by atoms with E-state index in [0.29, 0.717) is 13.0 Å². The monoisotopic (exact) mass is 270 g/mol. The fraction of sp³-hybridized carbons (Fsp3) is 0.857. The molecule has 110 valence electrons. The van der Waals surface area contributed by atoms with Crippen LogP contribution in [0.1, 0.15) is 52.4 Å². The minimum absolute atomic E-state index is 0.0863. The fourth-order valence-corrected chi connectivity index (χ4v) is 2.67. The standard InChI is InChI=1S/C14H26N2O3/c1-4-19-13(18)11(2)16-12(17)10-14(15-3)8-6-5-7-9-14/h11,15H,4-10H2,1-3H3,(H,16,17). The van der Waals surface area contributed by atoms with E-state index in [1.165, 1.54) is 6.42 Å². The Morgan fingerprint density at radius 2 is 1.89 bits per heavy atom. The quantitative estimate of drug-likeness (QED) is 0.715. The van der Waals surface area contributed by atoms with E-state index in [1.54, 1.807) is 13.8 Å². The molecule has 0 bridgehead atoms. The molecule has 0 aromatic rings. The van der Waals surface area contributed by atoms with Crippen molar-refractivity contribution < 1.29 is 14.3 Å². The second-order valence-electron chi connectivity index (χ2n) is 5.31. The van der Waals surface area contributed by atoms with Gasteiger partial charge in [0.05, 0.1) is 6.61 Å². The van der Waals surface area contributed by atoms with Crippen molar-refractivity contribution in [2.45, 2.75) is 64.0 Å². The Balaban J connectivity index is 2.46. The Hall–Kier alpha value is -1.10. The number of rotatable bonds is 6. The number of ether oxygens (including phenoxy) is 1. The van der Waals surface area contributed by atoms with Crippen LogP contribution < -0.4 is 10.6 Å². The molecule has 19 heavy (non-hydrogen) atoms. The van der Waals surface area contributed by atoms with Crippen molar-refractivity contribution in [1.82, 2.24) is 10.6 Å². The first-order valence-corrected chi connectivity index (χ1v) is 7.18. The first-order valence-electron chi connectivity index (χ1n) is 7.18. The molecule has 0 aliphatic heterocycles. The molecule has 0 saturated heterocycles. The lowest BCUT2D eigenvalue weighted by atomic mass is 9.79. The first-order chi connectivity index (χ1) is 9.03. The molecule has 1 aliphatic rings. The normalized spacial score (nSPS) is 19.5. The zero-order chi connectivity index (χ0) is 14.3. The number of nitrogens with one attached hydrogen (secondary N) is 2. The van der Waals surface area contributed by atoms with E-state index in [0.717, 1.165) is 25.7 Å². The molecule has 0 radical (unpaired) electrons. The first kappa shape index (κ1) is 16.0. The summed E-state index contributed by atoms with van der Waals surface area (Å²) < 4.78 is 4.88. The molecule has 0 spiro atoms. The third-order valence-corrected chi connectivity index (χ3v) is 3.86. The second kappa shape index (κ2) is 7.48. The van der Waals surface area contributed by atoms with E-state index in [4.69, 9.17) is 4.74 Å². The Morgan fingerprint density at radius 3 is 2.42 bits per heavy atom. The highest BCUT2D eigenvalue weighted by Gasteiger charge is 2.33. The van der Waals surface area contributed by atoms with Crippen molar-refractivity contribution in [3.63, 3.8) is 0 Å². The van der Waals surface area contributed by atoms with Gasteiger partial charge in [-0.2, -0.15) is 0 Å². The van der Waals surface area contributed by atoms with Crippen molar-refractivity contribution in [3.05, 3.63) is 0 Å². The largest absolute Gasteiger partial charge is 0.464 e. The lowest BCUT2D eigenvalue weighted by Gasteiger charge is -2.36. The van der Waals surface area contributed by atoms with Crippen LogP contribution in [0, 0.1) is 0 Å². The second-order valence-corrected chi connectivity index (χ2v) is 5.31. The SMILES string of the molecule is CCOC(=O)C(C)NC(=O)CC1(NC)CCCCC1. The van der Waals surface area contributed by atoms with Gasteiger partial charge in [-0.15, -0.1) is 0 Å². The summed E-state index contributed by atoms with van der Waals surface area (Å²) in [6.45, 7) is 3.74. The summed E-state index contributed by atoms with van der Waals surface area (Å²) in [6.07, 6.45) is 6.01. The highest BCUT2D eigenvalue weighted by atomic mass is 16.5. The number of hydrogen-bond donors (Lipinski definition) is 2. The van der Waals surface area contributed by atoms with Crippen LogP contribution in [0.4, 0.5) is 0 Å². The molecule has 1 aliphatic carbocycles. The molecule has 1 rings (SSSR count). The highest BCUT2D eigenvalue weighted by Crippen LogP contribution is 2.30. The Kier molecular flexibility index (Phi) is 6.28. The average Bonchev–Trinajstić information content (AvgIpc) is 2.39. The molecule has 1 fully saturated rings. The van der Waals surface area contributed by atoms with Crippen LogP contribution in [-0.2, 0) is 14.3 Å². The summed E-state index contributed by atoms with van der Waals surface area (Å²) >= 11 is 0. The number of esters is 1. The zero-order valence-electron chi connectivity index (χ0n) is 12.3. The van der Waals surface area contributed by atoms with E-state index in [1.807, 2.05) is 7.05 Å². The minimum Gasteiger partial charge on any atom is -0.464 e. The molecule has 1 atom stereocenters. The van der Waals surface area contributed by atoms with Gasteiger partial charge in [0.15, 0.2) is 0 Å². The molecule has 1 saturated carbocycles. The Bertz CT molecular complexity index is 312. The van der Waals surface area contributed by atoms with E-state index in [-0.39, 0.29) is 17.4 Å². The number of amides is 1. The maximum Gasteiger partial charge on any atom is 0.328 e. The molecule has 2 N–H and O–H groups in total. The van der Waals surface area contributed by atoms with Crippen molar-refractivity contribution in [2.24, 2.45) is 0 Å². The molecule has 0 aromatic heterocycles. The molecule has 5 nitrogen and oxygen atoms in total. The van der Waals surface area contributed by atoms with Gasteiger partial charge in [0.25, 0.3) is 0 Å². The third-order valence-electron chi connectivity index (χ3n) is 3.86. The summed E-state index contributed by atoms with van der Waals surface area (Å²) in [5, 5.41) is 6.02. The fourth-order valence-electron chi connectivity index (χ4n) is 2.67. The van der Waals surface area contributed by atoms with Gasteiger partial charge in [-0.25, -0.2) is 4.79 Å². The predicted molar refractivity (Wildman–Crippen MR) is 73.7 cm³/mol. The van der Waals surface area contributed by atoms with Gasteiger partial charge >= 0.3 is 5.97 Å². The Labute approximate surface area is 115 Å². The van der Waals surface area contributed by atoms with Gasteiger partial charge in [0.1, 0.15) is 6.04 Å². The van der Waals surface area contributed by atoms with Crippen molar-refractivity contribution >= 4 is 11.9 Å². The third kappa shape index (κ3) is 4.82. The maximum absolute atomic E-state index is 12.0. The predicted octanol–water partition coefficient (Wildman–Crippen LogP) is 1.37. The van der Waals surface area contributed by atoms with Crippen LogP contribution in [-0.4, -0.2) is 37.1 Å². The summed E-state index contributed by atoms with van der Waals surface area (Å²) in [5.74, 6) is -0.463. The lowest BCUT2D eigenvalue weighted by Crippen LogP contribution is -2.50. The molecule has 1 unspecified atom stereocenters. The molecule has 5 heteroatoms. The molecular weight excluding hydrogens is 244 g/mol. The van der Waals surface area contributed by atoms with Gasteiger partial charge in [-0.1, -0.05) is 19.3 Å². The highest BCUT2D eigenvalue weighted by molar-refractivity contribution is 5.84. The maximum atomic E-state index is 12.0. The summed E-state index contributed by atoms with van der Waals surface area (Å²) in [6, 6.07) is -0.579. The molecule has 0 aromatic carbocycles. The van der Waals surface area contributed by atoms with Crippen LogP contribution in [0.2, 0.25) is 0 Å². The number of carbonyl (C=O) groups is 2. The van der Waals surface area contributed by atoms with Crippen LogP contribution >= 0.6 is 0 Å². The smallest absolute Gasteiger partial charge is 0.328 e. The average molecular weight is 270 g/mol. The van der Waals surface area contributed by atoms with Gasteiger partial charge in [-0.05, 0) is 33.7 Å². The summed E-state index contributed by atoms with van der Waals surface area (Å²) in [5.41, 5.74) is -0.100. The number of hydrogen-bond acceptors (Lipinski definition) is 4. The van der Waals surface area contributed by atoms with Crippen LogP contribution in [0.25, 0.3) is 0 Å². The van der Waals surface area contributed by atoms with Gasteiger partial charge in [0.2, 0.25) is 5.91 Å². The number of carbonyl (C=O) groups excluding carboxylic acids is 2. The van der Waals surface area contributed by atoms with Crippen molar-refractivity contribution in [3.8, 4) is 0 Å².